The van der Waals surface area contributed by atoms with E-state index in [0.717, 1.165) is 61.1 Å². The predicted octanol–water partition coefficient (Wildman–Crippen LogP) is 4.45. The third-order valence-corrected chi connectivity index (χ3v) is 5.66. The van der Waals surface area contributed by atoms with E-state index in [0.29, 0.717) is 11.6 Å². The number of nitrogens with zero attached hydrogens (tertiary/aromatic N) is 3. The molecule has 0 unspecified atom stereocenters. The van der Waals surface area contributed by atoms with E-state index in [1.807, 2.05) is 32.0 Å². The van der Waals surface area contributed by atoms with Gasteiger partial charge in [0.2, 0.25) is 0 Å². The highest BCUT2D eigenvalue weighted by atomic mass is 16.5. The Morgan fingerprint density at radius 3 is 2.55 bits per heavy atom. The van der Waals surface area contributed by atoms with Crippen molar-refractivity contribution in [3.8, 4) is 6.07 Å². The molecule has 1 saturated heterocycles. The Hall–Kier alpha value is -3.04. The third-order valence-electron chi connectivity index (χ3n) is 5.66. The number of amides is 1. The maximum Gasteiger partial charge on any atom is 0.266 e. The lowest BCUT2D eigenvalue weighted by Crippen LogP contribution is -2.36. The molecule has 0 bridgehead atoms. The molecule has 6 nitrogen and oxygen atoms in total. The number of nitrogens with one attached hydrogen (secondary N) is 1. The van der Waals surface area contributed by atoms with Crippen LogP contribution < -0.4 is 10.2 Å². The fraction of sp³-hybridized carbons (Fsp3) is 0.440. The van der Waals surface area contributed by atoms with Crippen molar-refractivity contribution in [3.63, 3.8) is 0 Å². The van der Waals surface area contributed by atoms with Gasteiger partial charge in [-0.2, -0.15) is 5.26 Å². The lowest BCUT2D eigenvalue weighted by molar-refractivity contribution is -0.112. The van der Waals surface area contributed by atoms with E-state index in [1.165, 1.54) is 0 Å². The summed E-state index contributed by atoms with van der Waals surface area (Å²) < 4.78 is 7.65. The molecule has 0 saturated carbocycles. The first-order valence-electron chi connectivity index (χ1n) is 10.8. The van der Waals surface area contributed by atoms with Crippen molar-refractivity contribution in [2.45, 2.75) is 41.2 Å². The largest absolute Gasteiger partial charge is 0.378 e. The smallest absolute Gasteiger partial charge is 0.266 e. The number of benzene rings is 1. The first-order valence-corrected chi connectivity index (χ1v) is 10.8. The van der Waals surface area contributed by atoms with Gasteiger partial charge in [-0.25, -0.2) is 0 Å². The zero-order valence-corrected chi connectivity index (χ0v) is 19.2. The van der Waals surface area contributed by atoms with Crippen molar-refractivity contribution in [3.05, 3.63) is 52.4 Å². The van der Waals surface area contributed by atoms with Crippen molar-refractivity contribution in [1.29, 1.82) is 5.26 Å². The molecule has 2 aromatic rings. The standard InChI is InChI=1S/C25H32N4O2/c1-17(2)16-29-19(4)13-21(20(29)5)14-22(15-26)25(30)27-24-7-6-23(12-18(24)3)28-8-10-31-11-9-28/h6-7,12-14,17H,8-11,16H2,1-5H3,(H,27,30)/b22-14+. The van der Waals surface area contributed by atoms with Crippen LogP contribution in [0.2, 0.25) is 0 Å². The summed E-state index contributed by atoms with van der Waals surface area (Å²) >= 11 is 0. The number of aromatic nitrogens is 1. The van der Waals surface area contributed by atoms with E-state index in [2.05, 4.69) is 47.7 Å². The molecule has 2 heterocycles. The highest BCUT2D eigenvalue weighted by molar-refractivity contribution is 6.10. The average molecular weight is 421 g/mol. The van der Waals surface area contributed by atoms with Crippen LogP contribution in [0.5, 0.6) is 0 Å². The van der Waals surface area contributed by atoms with Crippen molar-refractivity contribution in [2.75, 3.05) is 36.5 Å². The Labute approximate surface area is 185 Å². The van der Waals surface area contributed by atoms with Crippen LogP contribution in [0.3, 0.4) is 0 Å². The van der Waals surface area contributed by atoms with E-state index in [9.17, 15) is 10.1 Å². The lowest BCUT2D eigenvalue weighted by Gasteiger charge is -2.29. The van der Waals surface area contributed by atoms with Crippen LogP contribution >= 0.6 is 0 Å². The summed E-state index contributed by atoms with van der Waals surface area (Å²) in [6, 6.07) is 10.1. The second kappa shape index (κ2) is 9.84. The van der Waals surface area contributed by atoms with Crippen molar-refractivity contribution >= 4 is 23.4 Å². The predicted molar refractivity (Wildman–Crippen MR) is 125 cm³/mol. The Morgan fingerprint density at radius 1 is 1.23 bits per heavy atom. The maximum absolute atomic E-state index is 12.8. The molecule has 1 amide bonds. The van der Waals surface area contributed by atoms with Gasteiger partial charge in [-0.1, -0.05) is 13.8 Å². The van der Waals surface area contributed by atoms with Crippen LogP contribution in [0.4, 0.5) is 11.4 Å². The van der Waals surface area contributed by atoms with Gasteiger partial charge in [0, 0.05) is 42.4 Å². The van der Waals surface area contributed by atoms with Crippen LogP contribution in [0.1, 0.15) is 36.4 Å². The quantitative estimate of drug-likeness (QED) is 0.554. The number of ether oxygens (including phenoxy) is 1. The molecule has 0 radical (unpaired) electrons. The molecule has 164 valence electrons. The number of rotatable bonds is 6. The molecule has 1 aliphatic heterocycles. The topological polar surface area (TPSA) is 70.3 Å². The van der Waals surface area contributed by atoms with Crippen molar-refractivity contribution in [2.24, 2.45) is 5.92 Å². The molecule has 1 fully saturated rings. The minimum absolute atomic E-state index is 0.0986. The minimum atomic E-state index is -0.390. The number of anilines is 2. The highest BCUT2D eigenvalue weighted by Gasteiger charge is 2.16. The van der Waals surface area contributed by atoms with Gasteiger partial charge in [-0.05, 0) is 68.2 Å². The molecular formula is C25H32N4O2. The molecule has 31 heavy (non-hydrogen) atoms. The summed E-state index contributed by atoms with van der Waals surface area (Å²) in [5.41, 5.74) is 6.00. The number of hydrogen-bond donors (Lipinski definition) is 1. The summed E-state index contributed by atoms with van der Waals surface area (Å²) in [5.74, 6) is 0.127. The monoisotopic (exact) mass is 420 g/mol. The zero-order chi connectivity index (χ0) is 22.5. The van der Waals surface area contributed by atoms with E-state index in [-0.39, 0.29) is 5.57 Å². The van der Waals surface area contributed by atoms with Gasteiger partial charge in [0.1, 0.15) is 11.6 Å². The van der Waals surface area contributed by atoms with E-state index >= 15 is 0 Å². The molecule has 1 aliphatic rings. The van der Waals surface area contributed by atoms with Gasteiger partial charge in [0.15, 0.2) is 0 Å². The van der Waals surface area contributed by atoms with Crippen LogP contribution in [0.15, 0.2) is 29.8 Å². The lowest BCUT2D eigenvalue weighted by atomic mass is 10.1. The van der Waals surface area contributed by atoms with E-state index in [4.69, 9.17) is 4.74 Å². The summed E-state index contributed by atoms with van der Waals surface area (Å²) in [5, 5.41) is 12.5. The zero-order valence-electron chi connectivity index (χ0n) is 19.2. The maximum atomic E-state index is 12.8. The van der Waals surface area contributed by atoms with Gasteiger partial charge in [-0.3, -0.25) is 4.79 Å². The van der Waals surface area contributed by atoms with Crippen LogP contribution in [0, 0.1) is 38.0 Å². The van der Waals surface area contributed by atoms with Crippen LogP contribution in [0.25, 0.3) is 6.08 Å². The van der Waals surface area contributed by atoms with E-state index in [1.54, 1.807) is 6.08 Å². The van der Waals surface area contributed by atoms with Crippen molar-refractivity contribution in [1.82, 2.24) is 4.57 Å². The Bertz CT molecular complexity index is 1020. The van der Waals surface area contributed by atoms with Crippen LogP contribution in [-0.2, 0) is 16.1 Å². The number of hydrogen-bond acceptors (Lipinski definition) is 4. The first kappa shape index (κ1) is 22.6. The summed E-state index contributed by atoms with van der Waals surface area (Å²) in [7, 11) is 0. The molecule has 0 spiro atoms. The molecule has 6 heteroatoms. The van der Waals surface area contributed by atoms with Gasteiger partial charge in [0.25, 0.3) is 5.91 Å². The fourth-order valence-electron chi connectivity index (χ4n) is 3.92. The molecular weight excluding hydrogens is 388 g/mol. The van der Waals surface area contributed by atoms with Crippen molar-refractivity contribution < 1.29 is 9.53 Å². The molecule has 3 rings (SSSR count). The summed E-state index contributed by atoms with van der Waals surface area (Å²) in [6.45, 7) is 14.5. The molecule has 1 aromatic heterocycles. The second-order valence-corrected chi connectivity index (χ2v) is 8.55. The third kappa shape index (κ3) is 5.36. The Morgan fingerprint density at radius 2 is 1.94 bits per heavy atom. The van der Waals surface area contributed by atoms with Gasteiger partial charge in [0.05, 0.1) is 13.2 Å². The number of morpholine rings is 1. The number of carbonyl (C=O) groups excluding carboxylic acids is 1. The molecule has 1 aromatic carbocycles. The number of nitriles is 1. The van der Waals surface area contributed by atoms with E-state index < -0.39 is 5.91 Å². The molecule has 1 N–H and O–H groups in total. The minimum Gasteiger partial charge on any atom is -0.378 e. The fourth-order valence-corrected chi connectivity index (χ4v) is 3.92. The summed E-state index contributed by atoms with van der Waals surface area (Å²) in [6.07, 6.45) is 1.69. The average Bonchev–Trinajstić information content (AvgIpc) is 3.00. The Kier molecular flexibility index (Phi) is 7.19. The SMILES string of the molecule is Cc1cc(N2CCOCC2)ccc1NC(=O)/C(C#N)=C/c1cc(C)n(CC(C)C)c1C. The van der Waals surface area contributed by atoms with Gasteiger partial charge in [-0.15, -0.1) is 0 Å². The summed E-state index contributed by atoms with van der Waals surface area (Å²) in [4.78, 5) is 15.1. The highest BCUT2D eigenvalue weighted by Crippen LogP contribution is 2.25. The second-order valence-electron chi connectivity index (χ2n) is 8.55. The normalized spacial score (nSPS) is 14.6. The number of aryl methyl sites for hydroxylation is 2. The molecule has 0 aliphatic carbocycles. The Balaban J connectivity index is 1.78. The number of carbonyl (C=O) groups is 1. The van der Waals surface area contributed by atoms with Gasteiger partial charge < -0.3 is 19.5 Å². The first-order chi connectivity index (χ1) is 14.8. The van der Waals surface area contributed by atoms with Crippen LogP contribution in [-0.4, -0.2) is 36.8 Å². The molecule has 0 atom stereocenters. The van der Waals surface area contributed by atoms with Gasteiger partial charge >= 0.3 is 0 Å².